The third kappa shape index (κ3) is 7.35. The average Bonchev–Trinajstić information content (AvgIpc) is 3.51. The maximum atomic E-state index is 14.1. The first-order valence-corrected chi connectivity index (χ1v) is 15.6. The van der Waals surface area contributed by atoms with Crippen LogP contribution in [-0.4, -0.2) is 58.0 Å². The quantitative estimate of drug-likeness (QED) is 0.307. The number of sulfonamides is 1. The topological polar surface area (TPSA) is 105 Å². The predicted molar refractivity (Wildman–Crippen MR) is 162 cm³/mol. The Morgan fingerprint density at radius 1 is 0.976 bits per heavy atom. The van der Waals surface area contributed by atoms with Crippen LogP contribution in [0.15, 0.2) is 77.7 Å². The summed E-state index contributed by atoms with van der Waals surface area (Å²) in [6.07, 6.45) is 3.87. The van der Waals surface area contributed by atoms with Gasteiger partial charge in [-0.1, -0.05) is 54.8 Å². The van der Waals surface area contributed by atoms with Gasteiger partial charge in [0.1, 0.15) is 24.1 Å². The molecule has 0 heterocycles. The Bertz CT molecular complexity index is 1500. The highest BCUT2D eigenvalue weighted by Crippen LogP contribution is 2.32. The van der Waals surface area contributed by atoms with E-state index in [4.69, 9.17) is 21.1 Å². The zero-order valence-electron chi connectivity index (χ0n) is 24.0. The van der Waals surface area contributed by atoms with Gasteiger partial charge in [0, 0.05) is 12.6 Å². The summed E-state index contributed by atoms with van der Waals surface area (Å²) in [5.41, 5.74) is 0.913. The number of nitrogens with zero attached hydrogens (tertiary/aromatic N) is 2. The van der Waals surface area contributed by atoms with Crippen molar-refractivity contribution in [2.75, 3.05) is 25.1 Å². The number of halogens is 1. The second-order valence-electron chi connectivity index (χ2n) is 10.2. The Labute approximate surface area is 252 Å². The number of methoxy groups -OCH3 is 2. The van der Waals surface area contributed by atoms with E-state index in [9.17, 15) is 18.0 Å². The second-order valence-corrected chi connectivity index (χ2v) is 12.5. The van der Waals surface area contributed by atoms with E-state index in [0.29, 0.717) is 11.5 Å². The number of nitrogens with one attached hydrogen (secondary N) is 1. The molecule has 0 saturated heterocycles. The van der Waals surface area contributed by atoms with Crippen LogP contribution in [0.4, 0.5) is 5.69 Å². The number of rotatable bonds is 12. The molecule has 0 spiro atoms. The largest absolute Gasteiger partial charge is 0.497 e. The van der Waals surface area contributed by atoms with Crippen LogP contribution >= 0.6 is 11.6 Å². The molecule has 1 aliphatic rings. The SMILES string of the molecule is COc1cccc(CN(C(=O)CN(c2ccc(OC)c(Cl)c2)S(=O)(=O)c2ccccc2)C(C)C(=O)NC2CCCC2)c1. The standard InChI is InChI=1S/C31H36ClN3O6S/c1-22(31(37)33-24-11-7-8-12-24)34(20-23-10-9-13-26(18-23)40-2)30(36)21-35(25-16-17-29(41-3)28(32)19-25)42(38,39)27-14-5-4-6-15-27/h4-6,9-10,13-19,22,24H,7-8,11-12,20-21H2,1-3H3,(H,33,37). The predicted octanol–water partition coefficient (Wildman–Crippen LogP) is 5.03. The number of anilines is 1. The van der Waals surface area contributed by atoms with Gasteiger partial charge >= 0.3 is 0 Å². The lowest BCUT2D eigenvalue weighted by atomic mass is 10.1. The summed E-state index contributed by atoms with van der Waals surface area (Å²) in [7, 11) is -1.20. The van der Waals surface area contributed by atoms with Crippen molar-refractivity contribution in [3.05, 3.63) is 83.4 Å². The Hall–Kier alpha value is -3.76. The molecule has 1 saturated carbocycles. The number of amides is 2. The molecule has 9 nitrogen and oxygen atoms in total. The number of carbonyl (C=O) groups excluding carboxylic acids is 2. The van der Waals surface area contributed by atoms with Crippen LogP contribution < -0.4 is 19.1 Å². The van der Waals surface area contributed by atoms with Crippen LogP contribution in [0.25, 0.3) is 0 Å². The van der Waals surface area contributed by atoms with Crippen molar-refractivity contribution in [2.45, 2.75) is 56.1 Å². The van der Waals surface area contributed by atoms with Crippen molar-refractivity contribution < 1.29 is 27.5 Å². The Morgan fingerprint density at radius 2 is 1.69 bits per heavy atom. The van der Waals surface area contributed by atoms with Crippen molar-refractivity contribution in [1.29, 1.82) is 0 Å². The van der Waals surface area contributed by atoms with E-state index in [2.05, 4.69) is 5.32 Å². The fourth-order valence-electron chi connectivity index (χ4n) is 5.00. The number of carbonyl (C=O) groups is 2. The van der Waals surface area contributed by atoms with Gasteiger partial charge in [0.25, 0.3) is 10.0 Å². The molecule has 0 aliphatic heterocycles. The minimum absolute atomic E-state index is 0.0103. The zero-order valence-corrected chi connectivity index (χ0v) is 25.5. The van der Waals surface area contributed by atoms with E-state index in [1.165, 1.54) is 36.3 Å². The van der Waals surface area contributed by atoms with Crippen LogP contribution in [0, 0.1) is 0 Å². The molecule has 42 heavy (non-hydrogen) atoms. The minimum Gasteiger partial charge on any atom is -0.497 e. The van der Waals surface area contributed by atoms with Gasteiger partial charge < -0.3 is 19.7 Å². The van der Waals surface area contributed by atoms with Gasteiger partial charge in [-0.15, -0.1) is 0 Å². The molecule has 0 radical (unpaired) electrons. The van der Waals surface area contributed by atoms with Crippen molar-refractivity contribution >= 4 is 39.1 Å². The molecule has 1 fully saturated rings. The summed E-state index contributed by atoms with van der Waals surface area (Å²) < 4.78 is 39.4. The van der Waals surface area contributed by atoms with E-state index in [1.54, 1.807) is 56.5 Å². The highest BCUT2D eigenvalue weighted by molar-refractivity contribution is 7.92. The molecule has 4 rings (SSSR count). The first kappa shape index (κ1) is 31.2. The number of hydrogen-bond acceptors (Lipinski definition) is 6. The van der Waals surface area contributed by atoms with Crippen LogP contribution in [-0.2, 0) is 26.2 Å². The summed E-state index contributed by atoms with van der Waals surface area (Å²) in [4.78, 5) is 28.9. The first-order chi connectivity index (χ1) is 20.1. The summed E-state index contributed by atoms with van der Waals surface area (Å²) in [5.74, 6) is 0.117. The zero-order chi connectivity index (χ0) is 30.3. The first-order valence-electron chi connectivity index (χ1n) is 13.8. The molecule has 3 aromatic rings. The van der Waals surface area contributed by atoms with Crippen LogP contribution in [0.1, 0.15) is 38.2 Å². The molecule has 0 bridgehead atoms. The fraction of sp³-hybridized carbons (Fsp3) is 0.355. The summed E-state index contributed by atoms with van der Waals surface area (Å²) in [5, 5.41) is 3.25. The molecule has 11 heteroatoms. The van der Waals surface area contributed by atoms with Gasteiger partial charge in [0.15, 0.2) is 0 Å². The van der Waals surface area contributed by atoms with Crippen LogP contribution in [0.5, 0.6) is 11.5 Å². The molecule has 1 aliphatic carbocycles. The smallest absolute Gasteiger partial charge is 0.264 e. The van der Waals surface area contributed by atoms with Gasteiger partial charge in [-0.25, -0.2) is 8.42 Å². The van der Waals surface area contributed by atoms with E-state index in [0.717, 1.165) is 35.6 Å². The van der Waals surface area contributed by atoms with Crippen LogP contribution in [0.2, 0.25) is 5.02 Å². The number of benzene rings is 3. The van der Waals surface area contributed by atoms with Crippen molar-refractivity contribution in [3.63, 3.8) is 0 Å². The summed E-state index contributed by atoms with van der Waals surface area (Å²) >= 11 is 6.37. The lowest BCUT2D eigenvalue weighted by Gasteiger charge is -2.32. The molecule has 224 valence electrons. The second kappa shape index (κ2) is 13.9. The highest BCUT2D eigenvalue weighted by atomic mass is 35.5. The highest BCUT2D eigenvalue weighted by Gasteiger charge is 2.33. The summed E-state index contributed by atoms with van der Waals surface area (Å²) in [6, 6.07) is 18.7. The average molecular weight is 614 g/mol. The molecular weight excluding hydrogens is 578 g/mol. The van der Waals surface area contributed by atoms with Crippen molar-refractivity contribution in [1.82, 2.24) is 10.2 Å². The van der Waals surface area contributed by atoms with E-state index < -0.39 is 28.5 Å². The van der Waals surface area contributed by atoms with Gasteiger partial charge in [0.2, 0.25) is 11.8 Å². The van der Waals surface area contributed by atoms with Crippen molar-refractivity contribution in [2.24, 2.45) is 0 Å². The molecular formula is C31H36ClN3O6S. The van der Waals surface area contributed by atoms with Gasteiger partial charge in [-0.3, -0.25) is 13.9 Å². The number of ether oxygens (including phenoxy) is 2. The lowest BCUT2D eigenvalue weighted by Crippen LogP contribution is -2.52. The fourth-order valence-corrected chi connectivity index (χ4v) is 6.68. The van der Waals surface area contributed by atoms with E-state index in [1.807, 2.05) is 6.07 Å². The maximum absolute atomic E-state index is 14.1. The van der Waals surface area contributed by atoms with E-state index >= 15 is 0 Å². The minimum atomic E-state index is -4.20. The molecule has 1 atom stereocenters. The normalized spacial score (nSPS) is 14.2. The Kier molecular flexibility index (Phi) is 10.3. The molecule has 2 amide bonds. The van der Waals surface area contributed by atoms with Gasteiger partial charge in [-0.05, 0) is 67.8 Å². The summed E-state index contributed by atoms with van der Waals surface area (Å²) in [6.45, 7) is 1.16. The third-order valence-corrected chi connectivity index (χ3v) is 9.47. The molecule has 1 N–H and O–H groups in total. The van der Waals surface area contributed by atoms with Crippen LogP contribution in [0.3, 0.4) is 0 Å². The number of hydrogen-bond donors (Lipinski definition) is 1. The molecule has 3 aromatic carbocycles. The van der Waals surface area contributed by atoms with Gasteiger partial charge in [0.05, 0.1) is 29.8 Å². The maximum Gasteiger partial charge on any atom is 0.264 e. The Morgan fingerprint density at radius 3 is 2.33 bits per heavy atom. The lowest BCUT2D eigenvalue weighted by molar-refractivity contribution is -0.139. The monoisotopic (exact) mass is 613 g/mol. The van der Waals surface area contributed by atoms with Crippen molar-refractivity contribution in [3.8, 4) is 11.5 Å². The Balaban J connectivity index is 1.71. The molecule has 0 aromatic heterocycles. The van der Waals surface area contributed by atoms with Gasteiger partial charge in [-0.2, -0.15) is 0 Å². The van der Waals surface area contributed by atoms with E-state index in [-0.39, 0.29) is 34.1 Å². The third-order valence-electron chi connectivity index (χ3n) is 7.39. The molecule has 1 unspecified atom stereocenters.